The minimum atomic E-state index is -0.212. The summed E-state index contributed by atoms with van der Waals surface area (Å²) in [5.41, 5.74) is 4.31. The minimum Gasteiger partial charge on any atom is -0.393 e. The van der Waals surface area contributed by atoms with Gasteiger partial charge >= 0.3 is 0 Å². The fourth-order valence-electron chi connectivity index (χ4n) is 3.26. The van der Waals surface area contributed by atoms with Crippen LogP contribution in [0.2, 0.25) is 0 Å². The molecule has 2 aliphatic rings. The summed E-state index contributed by atoms with van der Waals surface area (Å²) in [5.74, 6) is 0.564. The molecule has 1 saturated heterocycles. The molecule has 1 N–H and O–H groups in total. The zero-order valence-electron chi connectivity index (χ0n) is 10.9. The van der Waals surface area contributed by atoms with Crippen LogP contribution in [-0.2, 0) is 24.0 Å². The number of hydrogen-bond donors (Lipinski definition) is 1. The van der Waals surface area contributed by atoms with Crippen molar-refractivity contribution < 1.29 is 9.84 Å². The van der Waals surface area contributed by atoms with Crippen LogP contribution in [0.4, 0.5) is 0 Å². The molecule has 1 aliphatic heterocycles. The van der Waals surface area contributed by atoms with Gasteiger partial charge in [0.2, 0.25) is 0 Å². The van der Waals surface area contributed by atoms with Crippen molar-refractivity contribution in [3.63, 3.8) is 0 Å². The number of benzene rings is 1. The Labute approximate surface area is 109 Å². The molecule has 0 aromatic heterocycles. The van der Waals surface area contributed by atoms with Crippen LogP contribution < -0.4 is 0 Å². The molecule has 2 unspecified atom stereocenters. The first-order chi connectivity index (χ1) is 8.81. The number of aliphatic hydroxyl groups is 1. The zero-order valence-corrected chi connectivity index (χ0v) is 10.9. The van der Waals surface area contributed by atoms with Crippen LogP contribution >= 0.6 is 0 Å². The van der Waals surface area contributed by atoms with Crippen LogP contribution in [-0.4, -0.2) is 24.4 Å². The third kappa shape index (κ3) is 2.76. The molecule has 1 fully saturated rings. The lowest BCUT2D eigenvalue weighted by atomic mass is 9.95. The van der Waals surface area contributed by atoms with Gasteiger partial charge < -0.3 is 9.84 Å². The molecule has 0 bridgehead atoms. The Morgan fingerprint density at radius 1 is 1.28 bits per heavy atom. The fourth-order valence-corrected chi connectivity index (χ4v) is 3.26. The summed E-state index contributed by atoms with van der Waals surface area (Å²) in [6.45, 7) is 1.71. The second kappa shape index (κ2) is 5.41. The Hall–Kier alpha value is -0.860. The van der Waals surface area contributed by atoms with Gasteiger partial charge in [-0.25, -0.2) is 0 Å². The molecule has 0 radical (unpaired) electrons. The summed E-state index contributed by atoms with van der Waals surface area (Å²) in [4.78, 5) is 0. The van der Waals surface area contributed by atoms with Crippen molar-refractivity contribution >= 4 is 0 Å². The van der Waals surface area contributed by atoms with Crippen molar-refractivity contribution in [3.05, 3.63) is 34.9 Å². The third-order valence-corrected chi connectivity index (χ3v) is 4.26. The molecule has 2 nitrogen and oxygen atoms in total. The van der Waals surface area contributed by atoms with Gasteiger partial charge in [-0.05, 0) is 61.1 Å². The predicted molar refractivity (Wildman–Crippen MR) is 71.7 cm³/mol. The number of aliphatic hydroxyl groups excluding tert-OH is 1. The zero-order chi connectivity index (χ0) is 12.4. The Morgan fingerprint density at radius 2 is 2.17 bits per heavy atom. The Balaban J connectivity index is 1.58. The van der Waals surface area contributed by atoms with E-state index in [4.69, 9.17) is 4.74 Å². The van der Waals surface area contributed by atoms with Gasteiger partial charge in [-0.2, -0.15) is 0 Å². The number of aryl methyl sites for hydroxylation is 2. The second-order valence-corrected chi connectivity index (χ2v) is 5.78. The molecule has 3 rings (SSSR count). The van der Waals surface area contributed by atoms with Gasteiger partial charge in [0.15, 0.2) is 0 Å². The average Bonchev–Trinajstić information content (AvgIpc) is 2.98. The number of rotatable bonds is 4. The normalized spacial score (nSPS) is 24.2. The van der Waals surface area contributed by atoms with Crippen molar-refractivity contribution in [1.29, 1.82) is 0 Å². The lowest BCUT2D eigenvalue weighted by Gasteiger charge is -2.15. The highest BCUT2D eigenvalue weighted by Crippen LogP contribution is 2.25. The first kappa shape index (κ1) is 12.2. The van der Waals surface area contributed by atoms with E-state index >= 15 is 0 Å². The van der Waals surface area contributed by atoms with E-state index in [9.17, 15) is 5.11 Å². The quantitative estimate of drug-likeness (QED) is 0.884. The van der Waals surface area contributed by atoms with Crippen molar-refractivity contribution in [2.24, 2.45) is 5.92 Å². The molecule has 1 aliphatic carbocycles. The first-order valence-electron chi connectivity index (χ1n) is 7.18. The summed E-state index contributed by atoms with van der Waals surface area (Å²) in [6, 6.07) is 6.75. The molecule has 1 aromatic rings. The summed E-state index contributed by atoms with van der Waals surface area (Å²) in [6.07, 6.45) is 6.33. The van der Waals surface area contributed by atoms with Crippen molar-refractivity contribution in [3.8, 4) is 0 Å². The summed E-state index contributed by atoms with van der Waals surface area (Å²) >= 11 is 0. The molecule has 1 heterocycles. The predicted octanol–water partition coefficient (Wildman–Crippen LogP) is 2.51. The lowest BCUT2D eigenvalue weighted by Crippen LogP contribution is -2.16. The highest BCUT2D eigenvalue weighted by molar-refractivity contribution is 5.35. The van der Waals surface area contributed by atoms with Gasteiger partial charge in [0, 0.05) is 13.2 Å². The second-order valence-electron chi connectivity index (χ2n) is 5.78. The topological polar surface area (TPSA) is 29.5 Å². The van der Waals surface area contributed by atoms with Gasteiger partial charge in [-0.3, -0.25) is 0 Å². The largest absolute Gasteiger partial charge is 0.393 e. The molecule has 0 spiro atoms. The monoisotopic (exact) mass is 246 g/mol. The minimum absolute atomic E-state index is 0.212. The smallest absolute Gasteiger partial charge is 0.0584 e. The third-order valence-electron chi connectivity index (χ3n) is 4.26. The lowest BCUT2D eigenvalue weighted by molar-refractivity contribution is 0.128. The number of fused-ring (bicyclic) bond motifs is 1. The van der Waals surface area contributed by atoms with E-state index in [1.165, 1.54) is 36.0 Å². The maximum absolute atomic E-state index is 10.2. The Bertz CT molecular complexity index is 408. The average molecular weight is 246 g/mol. The van der Waals surface area contributed by atoms with Crippen molar-refractivity contribution in [2.45, 2.75) is 44.6 Å². The van der Waals surface area contributed by atoms with Gasteiger partial charge in [0.25, 0.3) is 0 Å². The van der Waals surface area contributed by atoms with Crippen LogP contribution in [0.15, 0.2) is 18.2 Å². The summed E-state index contributed by atoms with van der Waals surface area (Å²) in [5, 5.41) is 10.2. The van der Waals surface area contributed by atoms with Crippen molar-refractivity contribution in [1.82, 2.24) is 0 Å². The van der Waals surface area contributed by atoms with Crippen LogP contribution in [0.5, 0.6) is 0 Å². The number of ether oxygens (including phenoxy) is 1. The Kier molecular flexibility index (Phi) is 3.67. The van der Waals surface area contributed by atoms with Crippen molar-refractivity contribution in [2.75, 3.05) is 13.2 Å². The van der Waals surface area contributed by atoms with E-state index in [-0.39, 0.29) is 6.10 Å². The fraction of sp³-hybridized carbons (Fsp3) is 0.625. The Morgan fingerprint density at radius 3 is 3.00 bits per heavy atom. The van der Waals surface area contributed by atoms with Crippen LogP contribution in [0.3, 0.4) is 0 Å². The van der Waals surface area contributed by atoms with E-state index in [2.05, 4.69) is 18.2 Å². The maximum Gasteiger partial charge on any atom is 0.0584 e. The molecule has 98 valence electrons. The first-order valence-corrected chi connectivity index (χ1v) is 7.18. The molecule has 2 atom stereocenters. The number of hydrogen-bond acceptors (Lipinski definition) is 2. The standard InChI is InChI=1S/C16H22O2/c17-16(10-13-6-7-18-11-13)9-12-4-5-14-2-1-3-15(14)8-12/h4-5,8,13,16-17H,1-3,6-7,9-11H2. The van der Waals surface area contributed by atoms with Gasteiger partial charge in [-0.15, -0.1) is 0 Å². The summed E-state index contributed by atoms with van der Waals surface area (Å²) < 4.78 is 5.36. The van der Waals surface area contributed by atoms with E-state index in [0.717, 1.165) is 32.5 Å². The molecular weight excluding hydrogens is 224 g/mol. The van der Waals surface area contributed by atoms with Crippen LogP contribution in [0, 0.1) is 5.92 Å². The molecule has 2 heteroatoms. The molecule has 0 saturated carbocycles. The van der Waals surface area contributed by atoms with E-state index in [1.807, 2.05) is 0 Å². The highest BCUT2D eigenvalue weighted by atomic mass is 16.5. The van der Waals surface area contributed by atoms with Crippen LogP contribution in [0.1, 0.15) is 36.0 Å². The van der Waals surface area contributed by atoms with Gasteiger partial charge in [0.1, 0.15) is 0 Å². The van der Waals surface area contributed by atoms with E-state index in [1.54, 1.807) is 0 Å². The summed E-state index contributed by atoms with van der Waals surface area (Å²) in [7, 11) is 0. The molecule has 18 heavy (non-hydrogen) atoms. The molecule has 0 amide bonds. The highest BCUT2D eigenvalue weighted by Gasteiger charge is 2.20. The molecular formula is C16H22O2. The van der Waals surface area contributed by atoms with E-state index in [0.29, 0.717) is 5.92 Å². The maximum atomic E-state index is 10.2. The SMILES string of the molecule is OC(Cc1ccc2c(c1)CCC2)CC1CCOC1. The van der Waals surface area contributed by atoms with Gasteiger partial charge in [-0.1, -0.05) is 18.2 Å². The van der Waals surface area contributed by atoms with E-state index < -0.39 is 0 Å². The van der Waals surface area contributed by atoms with Crippen LogP contribution in [0.25, 0.3) is 0 Å². The molecule has 1 aromatic carbocycles. The van der Waals surface area contributed by atoms with Gasteiger partial charge in [0.05, 0.1) is 6.10 Å².